The van der Waals surface area contributed by atoms with Gasteiger partial charge in [0, 0.05) is 15.0 Å². The standard InChI is InChI=1S/C12H11Br2NS/c13-9-1-2-11(14)10(6-9)12(15)5-8-3-4-16-7-8/h1-4,6-7,12H,5,15H2. The molecule has 2 aromatic rings. The Morgan fingerprint density at radius 3 is 2.75 bits per heavy atom. The summed E-state index contributed by atoms with van der Waals surface area (Å²) in [4.78, 5) is 0. The maximum absolute atomic E-state index is 6.21. The molecule has 1 aromatic carbocycles. The van der Waals surface area contributed by atoms with E-state index in [9.17, 15) is 0 Å². The quantitative estimate of drug-likeness (QED) is 0.855. The van der Waals surface area contributed by atoms with E-state index in [1.54, 1.807) is 11.3 Å². The Balaban J connectivity index is 2.20. The van der Waals surface area contributed by atoms with Crippen LogP contribution < -0.4 is 5.73 Å². The molecule has 4 heteroatoms. The van der Waals surface area contributed by atoms with Crippen molar-refractivity contribution in [2.75, 3.05) is 0 Å². The van der Waals surface area contributed by atoms with Gasteiger partial charge in [-0.2, -0.15) is 11.3 Å². The van der Waals surface area contributed by atoms with E-state index in [4.69, 9.17) is 5.73 Å². The molecule has 0 spiro atoms. The molecule has 1 heterocycles. The van der Waals surface area contributed by atoms with Gasteiger partial charge < -0.3 is 5.73 Å². The van der Waals surface area contributed by atoms with Gasteiger partial charge in [-0.05, 0) is 52.6 Å². The lowest BCUT2D eigenvalue weighted by atomic mass is 10.0. The van der Waals surface area contributed by atoms with E-state index in [-0.39, 0.29) is 6.04 Å². The third kappa shape index (κ3) is 2.94. The second-order valence-corrected chi connectivity index (χ2v) is 6.16. The van der Waals surface area contributed by atoms with Gasteiger partial charge in [0.25, 0.3) is 0 Å². The fourth-order valence-corrected chi connectivity index (χ4v) is 3.17. The summed E-state index contributed by atoms with van der Waals surface area (Å²) in [6.07, 6.45) is 0.874. The molecule has 1 aromatic heterocycles. The molecule has 0 saturated heterocycles. The van der Waals surface area contributed by atoms with Crippen LogP contribution in [0.25, 0.3) is 0 Å². The molecule has 0 aliphatic carbocycles. The van der Waals surface area contributed by atoms with Gasteiger partial charge in [-0.1, -0.05) is 31.9 Å². The Kier molecular flexibility index (Phi) is 4.19. The Morgan fingerprint density at radius 1 is 1.25 bits per heavy atom. The summed E-state index contributed by atoms with van der Waals surface area (Å²) in [5.74, 6) is 0. The lowest BCUT2D eigenvalue weighted by molar-refractivity contribution is 0.719. The molecule has 0 aliphatic rings. The van der Waals surface area contributed by atoms with Gasteiger partial charge in [-0.25, -0.2) is 0 Å². The van der Waals surface area contributed by atoms with Crippen LogP contribution in [0.3, 0.4) is 0 Å². The molecular formula is C12H11Br2NS. The van der Waals surface area contributed by atoms with Crippen LogP contribution in [0.15, 0.2) is 44.0 Å². The van der Waals surface area contributed by atoms with Gasteiger partial charge in [0.15, 0.2) is 0 Å². The van der Waals surface area contributed by atoms with Crippen molar-refractivity contribution in [3.05, 3.63) is 55.1 Å². The smallest absolute Gasteiger partial charge is 0.0347 e. The fraction of sp³-hybridized carbons (Fsp3) is 0.167. The number of hydrogen-bond donors (Lipinski definition) is 1. The SMILES string of the molecule is NC(Cc1ccsc1)c1cc(Br)ccc1Br. The molecule has 0 amide bonds. The number of nitrogens with two attached hydrogens (primary N) is 1. The van der Waals surface area contributed by atoms with E-state index in [1.807, 2.05) is 12.1 Å². The highest BCUT2D eigenvalue weighted by atomic mass is 79.9. The lowest BCUT2D eigenvalue weighted by Crippen LogP contribution is -2.13. The molecule has 0 bridgehead atoms. The molecule has 0 fully saturated rings. The predicted octanol–water partition coefficient (Wildman–Crippen LogP) is 4.52. The van der Waals surface area contributed by atoms with E-state index < -0.39 is 0 Å². The summed E-state index contributed by atoms with van der Waals surface area (Å²) in [6, 6.07) is 8.25. The van der Waals surface area contributed by atoms with Crippen LogP contribution in [0.1, 0.15) is 17.2 Å². The van der Waals surface area contributed by atoms with Crippen molar-refractivity contribution in [2.45, 2.75) is 12.5 Å². The molecule has 2 rings (SSSR count). The molecule has 1 nitrogen and oxygen atoms in total. The van der Waals surface area contributed by atoms with Crippen LogP contribution in [-0.2, 0) is 6.42 Å². The zero-order valence-corrected chi connectivity index (χ0v) is 12.5. The fourth-order valence-electron chi connectivity index (χ4n) is 1.57. The average Bonchev–Trinajstić information content (AvgIpc) is 2.74. The maximum atomic E-state index is 6.21. The summed E-state index contributed by atoms with van der Waals surface area (Å²) < 4.78 is 2.13. The van der Waals surface area contributed by atoms with Crippen molar-refractivity contribution in [3.8, 4) is 0 Å². The second kappa shape index (κ2) is 5.45. The topological polar surface area (TPSA) is 26.0 Å². The monoisotopic (exact) mass is 359 g/mol. The first kappa shape index (κ1) is 12.3. The molecule has 1 atom stereocenters. The van der Waals surface area contributed by atoms with E-state index in [0.29, 0.717) is 0 Å². The minimum Gasteiger partial charge on any atom is -0.324 e. The zero-order valence-electron chi connectivity index (χ0n) is 8.49. The normalized spacial score (nSPS) is 12.7. The van der Waals surface area contributed by atoms with Gasteiger partial charge in [0.1, 0.15) is 0 Å². The van der Waals surface area contributed by atoms with E-state index in [1.165, 1.54) is 5.56 Å². The third-order valence-electron chi connectivity index (χ3n) is 2.39. The number of hydrogen-bond acceptors (Lipinski definition) is 2. The molecule has 0 aliphatic heterocycles. The molecule has 2 N–H and O–H groups in total. The summed E-state index contributed by atoms with van der Waals surface area (Å²) >= 11 is 8.71. The molecule has 1 unspecified atom stereocenters. The summed E-state index contributed by atoms with van der Waals surface area (Å²) in [5, 5.41) is 4.23. The number of halogens is 2. The molecule has 16 heavy (non-hydrogen) atoms. The highest BCUT2D eigenvalue weighted by molar-refractivity contribution is 9.11. The van der Waals surface area contributed by atoms with Crippen LogP contribution in [0.2, 0.25) is 0 Å². The summed E-state index contributed by atoms with van der Waals surface area (Å²) in [6.45, 7) is 0. The minimum atomic E-state index is 0.0291. The van der Waals surface area contributed by atoms with E-state index in [0.717, 1.165) is 20.9 Å². The van der Waals surface area contributed by atoms with Crippen LogP contribution in [0, 0.1) is 0 Å². The third-order valence-corrected chi connectivity index (χ3v) is 4.34. The van der Waals surface area contributed by atoms with Gasteiger partial charge in [0.2, 0.25) is 0 Å². The first-order valence-electron chi connectivity index (χ1n) is 4.88. The predicted molar refractivity (Wildman–Crippen MR) is 76.8 cm³/mol. The number of rotatable bonds is 3. The first-order valence-corrected chi connectivity index (χ1v) is 7.41. The van der Waals surface area contributed by atoms with Crippen molar-refractivity contribution < 1.29 is 0 Å². The van der Waals surface area contributed by atoms with Crippen molar-refractivity contribution in [1.82, 2.24) is 0 Å². The minimum absolute atomic E-state index is 0.0291. The molecule has 0 saturated carbocycles. The van der Waals surface area contributed by atoms with E-state index in [2.05, 4.69) is 54.8 Å². The molecule has 84 valence electrons. The highest BCUT2D eigenvalue weighted by Gasteiger charge is 2.11. The van der Waals surface area contributed by atoms with Gasteiger partial charge in [0.05, 0.1) is 0 Å². The number of thiophene rings is 1. The van der Waals surface area contributed by atoms with Gasteiger partial charge in [-0.15, -0.1) is 0 Å². The second-order valence-electron chi connectivity index (χ2n) is 3.61. The molecular weight excluding hydrogens is 350 g/mol. The van der Waals surface area contributed by atoms with Crippen LogP contribution >= 0.6 is 43.2 Å². The Hall–Kier alpha value is -0.160. The summed E-state index contributed by atoms with van der Waals surface area (Å²) in [5.41, 5.74) is 8.64. The zero-order chi connectivity index (χ0) is 11.5. The maximum Gasteiger partial charge on any atom is 0.0347 e. The van der Waals surface area contributed by atoms with E-state index >= 15 is 0 Å². The van der Waals surface area contributed by atoms with Gasteiger partial charge in [-0.3, -0.25) is 0 Å². The Bertz CT molecular complexity index is 468. The van der Waals surface area contributed by atoms with Crippen LogP contribution in [-0.4, -0.2) is 0 Å². The average molecular weight is 361 g/mol. The Morgan fingerprint density at radius 2 is 2.06 bits per heavy atom. The van der Waals surface area contributed by atoms with Crippen LogP contribution in [0.4, 0.5) is 0 Å². The summed E-state index contributed by atoms with van der Waals surface area (Å²) in [7, 11) is 0. The first-order chi connectivity index (χ1) is 7.66. The van der Waals surface area contributed by atoms with Gasteiger partial charge >= 0.3 is 0 Å². The van der Waals surface area contributed by atoms with Crippen molar-refractivity contribution in [3.63, 3.8) is 0 Å². The Labute approximate surface area is 116 Å². The van der Waals surface area contributed by atoms with Crippen molar-refractivity contribution >= 4 is 43.2 Å². The van der Waals surface area contributed by atoms with Crippen LogP contribution in [0.5, 0.6) is 0 Å². The lowest BCUT2D eigenvalue weighted by Gasteiger charge is -2.13. The largest absolute Gasteiger partial charge is 0.324 e. The number of benzene rings is 1. The highest BCUT2D eigenvalue weighted by Crippen LogP contribution is 2.28. The van der Waals surface area contributed by atoms with Crippen molar-refractivity contribution in [1.29, 1.82) is 0 Å². The van der Waals surface area contributed by atoms with Crippen molar-refractivity contribution in [2.24, 2.45) is 5.73 Å². The molecule has 0 radical (unpaired) electrons.